The summed E-state index contributed by atoms with van der Waals surface area (Å²) in [5.74, 6) is 4.86. The Kier molecular flexibility index (Phi) is 4.92. The molecule has 0 saturated carbocycles. The molecule has 0 N–H and O–H groups in total. The van der Waals surface area contributed by atoms with Crippen LogP contribution in [0.4, 0.5) is 0 Å². The van der Waals surface area contributed by atoms with Crippen LogP contribution in [0.1, 0.15) is 5.56 Å². The molecule has 0 aliphatic rings. The van der Waals surface area contributed by atoms with E-state index in [-0.39, 0.29) is 15.0 Å². The molecule has 0 spiro atoms. The first-order valence-corrected chi connectivity index (χ1v) is 7.49. The summed E-state index contributed by atoms with van der Waals surface area (Å²) in [6.07, 6.45) is 0. The summed E-state index contributed by atoms with van der Waals surface area (Å²) in [5, 5.41) is 0. The number of rotatable bonds is 3. The normalized spacial score (nSPS) is 9.37. The first-order valence-electron chi connectivity index (χ1n) is 5.78. The Labute approximate surface area is 119 Å². The molecular weight excluding hydrogens is 303 g/mol. The maximum absolute atomic E-state index is 5.27. The molecule has 0 saturated heterocycles. The van der Waals surface area contributed by atoms with Gasteiger partial charge < -0.3 is 0 Å². The second-order valence-corrected chi connectivity index (χ2v) is 5.55. The van der Waals surface area contributed by atoms with E-state index < -0.39 is 0 Å². The van der Waals surface area contributed by atoms with Gasteiger partial charge in [0.15, 0.2) is 0 Å². The van der Waals surface area contributed by atoms with Gasteiger partial charge in [0.2, 0.25) is 0 Å². The van der Waals surface area contributed by atoms with E-state index in [1.165, 1.54) is 4.46 Å². The third kappa shape index (κ3) is 3.79. The van der Waals surface area contributed by atoms with Crippen LogP contribution in [0.3, 0.4) is 0 Å². The minimum atomic E-state index is 0.132. The van der Waals surface area contributed by atoms with E-state index in [9.17, 15) is 0 Å². The van der Waals surface area contributed by atoms with Gasteiger partial charge in [-0.1, -0.05) is 0 Å². The molecule has 2 aromatic rings. The SMILES string of the molecule is COc1ccc([Se]C#Cc2ccccc2OC)cc1. The standard InChI is InChI=1S/C16H14O2Se/c1-17-14-7-9-15(10-8-14)19-12-11-13-5-3-4-6-16(13)18-2/h3-10H,1-2H3. The second kappa shape index (κ2) is 6.89. The van der Waals surface area contributed by atoms with E-state index in [0.717, 1.165) is 17.1 Å². The van der Waals surface area contributed by atoms with Crippen molar-refractivity contribution in [3.8, 4) is 22.2 Å². The van der Waals surface area contributed by atoms with Gasteiger partial charge in [0.05, 0.1) is 0 Å². The predicted molar refractivity (Wildman–Crippen MR) is 78.3 cm³/mol. The third-order valence-corrected chi connectivity index (χ3v) is 4.01. The van der Waals surface area contributed by atoms with Crippen LogP contribution in [0.25, 0.3) is 0 Å². The zero-order valence-electron chi connectivity index (χ0n) is 10.8. The molecule has 0 atom stereocenters. The molecule has 0 aromatic heterocycles. The summed E-state index contributed by atoms with van der Waals surface area (Å²) < 4.78 is 11.6. The van der Waals surface area contributed by atoms with Crippen molar-refractivity contribution in [1.29, 1.82) is 0 Å². The fourth-order valence-electron chi connectivity index (χ4n) is 1.53. The van der Waals surface area contributed by atoms with Crippen LogP contribution in [0, 0.1) is 10.7 Å². The molecule has 0 radical (unpaired) electrons. The summed E-state index contributed by atoms with van der Waals surface area (Å²) in [7, 11) is 3.33. The quantitative estimate of drug-likeness (QED) is 0.637. The van der Waals surface area contributed by atoms with Gasteiger partial charge in [0.1, 0.15) is 0 Å². The number of para-hydroxylation sites is 1. The summed E-state index contributed by atoms with van der Waals surface area (Å²) in [6, 6.07) is 15.8. The van der Waals surface area contributed by atoms with E-state index in [1.54, 1.807) is 14.2 Å². The van der Waals surface area contributed by atoms with Crippen LogP contribution < -0.4 is 13.9 Å². The Balaban J connectivity index is 2.07. The molecule has 0 amide bonds. The van der Waals surface area contributed by atoms with E-state index in [4.69, 9.17) is 9.47 Å². The number of ether oxygens (including phenoxy) is 2. The van der Waals surface area contributed by atoms with Crippen molar-refractivity contribution in [3.05, 3.63) is 54.1 Å². The van der Waals surface area contributed by atoms with Crippen molar-refractivity contribution in [3.63, 3.8) is 0 Å². The second-order valence-electron chi connectivity index (χ2n) is 3.70. The molecule has 0 fully saturated rings. The van der Waals surface area contributed by atoms with Gasteiger partial charge in [-0.25, -0.2) is 0 Å². The van der Waals surface area contributed by atoms with Crippen molar-refractivity contribution in [1.82, 2.24) is 0 Å². The summed E-state index contributed by atoms with van der Waals surface area (Å²) in [5.41, 5.74) is 0.931. The molecular formula is C16H14O2Se. The molecule has 0 aliphatic heterocycles. The molecule has 0 unspecified atom stereocenters. The van der Waals surface area contributed by atoms with Crippen LogP contribution >= 0.6 is 0 Å². The molecule has 2 rings (SSSR count). The average Bonchev–Trinajstić information content (AvgIpc) is 2.48. The Morgan fingerprint density at radius 3 is 2.32 bits per heavy atom. The maximum atomic E-state index is 5.27. The van der Waals surface area contributed by atoms with E-state index in [2.05, 4.69) is 22.9 Å². The van der Waals surface area contributed by atoms with Gasteiger partial charge in [-0.05, 0) is 0 Å². The Morgan fingerprint density at radius 2 is 1.63 bits per heavy atom. The Bertz CT molecular complexity index is 594. The van der Waals surface area contributed by atoms with Gasteiger partial charge in [-0.15, -0.1) is 0 Å². The zero-order valence-corrected chi connectivity index (χ0v) is 12.6. The van der Waals surface area contributed by atoms with Crippen LogP contribution in [0.2, 0.25) is 0 Å². The van der Waals surface area contributed by atoms with Crippen molar-refractivity contribution >= 4 is 19.4 Å². The van der Waals surface area contributed by atoms with Crippen LogP contribution in [-0.4, -0.2) is 29.2 Å². The van der Waals surface area contributed by atoms with Gasteiger partial charge in [-0.2, -0.15) is 0 Å². The summed E-state index contributed by atoms with van der Waals surface area (Å²) in [4.78, 5) is 3.22. The Morgan fingerprint density at radius 1 is 0.895 bits per heavy atom. The number of benzene rings is 2. The topological polar surface area (TPSA) is 18.5 Å². The van der Waals surface area contributed by atoms with Crippen LogP contribution in [-0.2, 0) is 0 Å². The van der Waals surface area contributed by atoms with E-state index in [0.29, 0.717) is 0 Å². The third-order valence-electron chi connectivity index (χ3n) is 2.52. The first kappa shape index (κ1) is 13.5. The molecule has 0 heterocycles. The minimum absolute atomic E-state index is 0.132. The summed E-state index contributed by atoms with van der Waals surface area (Å²) in [6.45, 7) is 0. The molecule has 0 bridgehead atoms. The molecule has 2 nitrogen and oxygen atoms in total. The fraction of sp³-hybridized carbons (Fsp3) is 0.125. The van der Waals surface area contributed by atoms with Crippen LogP contribution in [0.15, 0.2) is 48.5 Å². The molecule has 3 heteroatoms. The van der Waals surface area contributed by atoms with Crippen molar-refractivity contribution in [2.75, 3.05) is 14.2 Å². The summed E-state index contributed by atoms with van der Waals surface area (Å²) >= 11 is 0.132. The fourth-order valence-corrected chi connectivity index (χ4v) is 2.69. The first-order chi connectivity index (χ1) is 9.33. The van der Waals surface area contributed by atoms with E-state index >= 15 is 0 Å². The molecule has 19 heavy (non-hydrogen) atoms. The van der Waals surface area contributed by atoms with Gasteiger partial charge in [0, 0.05) is 0 Å². The van der Waals surface area contributed by atoms with Crippen molar-refractivity contribution in [2.45, 2.75) is 0 Å². The van der Waals surface area contributed by atoms with Gasteiger partial charge in [-0.3, -0.25) is 0 Å². The monoisotopic (exact) mass is 318 g/mol. The van der Waals surface area contributed by atoms with Crippen molar-refractivity contribution < 1.29 is 9.47 Å². The number of hydrogen-bond acceptors (Lipinski definition) is 2. The molecule has 2 aromatic carbocycles. The van der Waals surface area contributed by atoms with E-state index in [1.807, 2.05) is 36.4 Å². The van der Waals surface area contributed by atoms with Crippen molar-refractivity contribution in [2.24, 2.45) is 0 Å². The zero-order chi connectivity index (χ0) is 13.5. The van der Waals surface area contributed by atoms with Crippen LogP contribution in [0.5, 0.6) is 11.5 Å². The average molecular weight is 317 g/mol. The molecule has 0 aliphatic carbocycles. The van der Waals surface area contributed by atoms with Gasteiger partial charge >= 0.3 is 119 Å². The van der Waals surface area contributed by atoms with Gasteiger partial charge in [0.25, 0.3) is 0 Å². The predicted octanol–water partition coefficient (Wildman–Crippen LogP) is 2.04. The number of methoxy groups -OCH3 is 2. The molecule has 96 valence electrons. The Hall–Kier alpha value is -1.88. The number of hydrogen-bond donors (Lipinski definition) is 0.